The number of rotatable bonds is 2. The number of allylic oxidation sites excluding steroid dienone is 5. The zero-order valence-electron chi connectivity index (χ0n) is 11.7. The van der Waals surface area contributed by atoms with Crippen LogP contribution in [0.1, 0.15) is 35.6 Å². The van der Waals surface area contributed by atoms with Gasteiger partial charge in [-0.2, -0.15) is 0 Å². The van der Waals surface area contributed by atoms with Gasteiger partial charge >= 0.3 is 115 Å². The molecule has 0 aliphatic heterocycles. The Morgan fingerprint density at radius 1 is 1.15 bits per heavy atom. The van der Waals surface area contributed by atoms with E-state index < -0.39 is 17.4 Å². The molecule has 0 bridgehead atoms. The van der Waals surface area contributed by atoms with Crippen LogP contribution in [-0.4, -0.2) is 3.81 Å². The van der Waals surface area contributed by atoms with Gasteiger partial charge in [0.15, 0.2) is 0 Å². The van der Waals surface area contributed by atoms with Crippen LogP contribution in [-0.2, 0) is 17.4 Å². The molecule has 0 aromatic heterocycles. The van der Waals surface area contributed by atoms with Crippen molar-refractivity contribution in [3.05, 3.63) is 63.6 Å². The number of hydrogen-bond donors (Lipinski definition) is 0. The summed E-state index contributed by atoms with van der Waals surface area (Å²) in [7, 11) is 0. The Hall–Kier alpha value is -0.396. The van der Waals surface area contributed by atoms with Crippen LogP contribution in [0, 0.1) is 0 Å². The second-order valence-corrected chi connectivity index (χ2v) is 10.0. The second kappa shape index (κ2) is 7.57. The fraction of sp³-hybridized carbons (Fsp3) is 0.235. The van der Waals surface area contributed by atoms with E-state index in [2.05, 4.69) is 68.5 Å². The minimum absolute atomic E-state index is 0. The molecule has 3 heteroatoms. The van der Waals surface area contributed by atoms with Gasteiger partial charge in [0.25, 0.3) is 0 Å². The zero-order chi connectivity index (χ0) is 12.5. The van der Waals surface area contributed by atoms with Crippen molar-refractivity contribution >= 4 is 9.89 Å². The third-order valence-corrected chi connectivity index (χ3v) is 8.87. The summed E-state index contributed by atoms with van der Waals surface area (Å²) in [5.41, 5.74) is 2.99. The van der Waals surface area contributed by atoms with Gasteiger partial charge in [0.05, 0.1) is 0 Å². The largest absolute Gasteiger partial charge is 1.00 e. The van der Waals surface area contributed by atoms with Crippen molar-refractivity contribution in [1.82, 2.24) is 0 Å². The van der Waals surface area contributed by atoms with E-state index in [0.717, 1.165) is 0 Å². The van der Waals surface area contributed by atoms with Crippen LogP contribution in [0.4, 0.5) is 0 Å². The van der Waals surface area contributed by atoms with Gasteiger partial charge in [-0.15, -0.1) is 0 Å². The zero-order valence-corrected chi connectivity index (χ0v) is 14.8. The van der Waals surface area contributed by atoms with Gasteiger partial charge in [0.1, 0.15) is 0 Å². The van der Waals surface area contributed by atoms with Crippen LogP contribution in [0.15, 0.2) is 52.4 Å². The van der Waals surface area contributed by atoms with E-state index in [1.807, 2.05) is 0 Å². The molecule has 3 rings (SSSR count). The Kier molecular flexibility index (Phi) is 6.68. The number of benzene rings is 1. The molecule has 0 amide bonds. The van der Waals surface area contributed by atoms with Gasteiger partial charge in [-0.25, -0.2) is 0 Å². The molecule has 0 radical (unpaired) electrons. The van der Waals surface area contributed by atoms with Gasteiger partial charge in [-0.3, -0.25) is 0 Å². The molecule has 2 aliphatic carbocycles. The average molecular weight is 341 g/mol. The summed E-state index contributed by atoms with van der Waals surface area (Å²) in [5.74, 6) is 0. The van der Waals surface area contributed by atoms with E-state index in [-0.39, 0.29) is 24.8 Å². The Bertz CT molecular complexity index is 605. The fourth-order valence-corrected chi connectivity index (χ4v) is 7.88. The summed E-state index contributed by atoms with van der Waals surface area (Å²) < 4.78 is 4.09. The van der Waals surface area contributed by atoms with Gasteiger partial charge < -0.3 is 24.8 Å². The SMILES string of the molecule is C[C](C)=[Ti+2]([C]1=CC=CC1)[CH]1C=Cc2ccccc21.[Cl-].[Cl-]. The molecule has 0 fully saturated rings. The van der Waals surface area contributed by atoms with Crippen LogP contribution in [0.2, 0.25) is 0 Å². The van der Waals surface area contributed by atoms with Crippen LogP contribution in [0.5, 0.6) is 0 Å². The van der Waals surface area contributed by atoms with E-state index in [4.69, 9.17) is 0 Å². The molecule has 0 spiro atoms. The van der Waals surface area contributed by atoms with Gasteiger partial charge in [-0.1, -0.05) is 0 Å². The minimum Gasteiger partial charge on any atom is -1.00 e. The Balaban J connectivity index is 0.000001000. The van der Waals surface area contributed by atoms with Crippen molar-refractivity contribution in [3.8, 4) is 0 Å². The monoisotopic (exact) mass is 340 g/mol. The number of halogens is 2. The van der Waals surface area contributed by atoms with Gasteiger partial charge in [0, 0.05) is 0 Å². The maximum Gasteiger partial charge on any atom is -1.00 e. The molecule has 1 aromatic rings. The molecule has 0 heterocycles. The molecule has 1 aromatic carbocycles. The first-order valence-electron chi connectivity index (χ1n) is 6.58. The van der Waals surface area contributed by atoms with Crippen LogP contribution < -0.4 is 24.8 Å². The summed E-state index contributed by atoms with van der Waals surface area (Å²) >= 11 is -1.34. The van der Waals surface area contributed by atoms with Crippen molar-refractivity contribution in [2.24, 2.45) is 0 Å². The second-order valence-electron chi connectivity index (χ2n) is 5.20. The third kappa shape index (κ3) is 3.26. The smallest absolute Gasteiger partial charge is 1.00 e. The van der Waals surface area contributed by atoms with E-state index >= 15 is 0 Å². The van der Waals surface area contributed by atoms with E-state index in [1.54, 1.807) is 13.3 Å². The molecule has 1 atom stereocenters. The van der Waals surface area contributed by atoms with E-state index in [1.165, 1.54) is 12.0 Å². The van der Waals surface area contributed by atoms with Gasteiger partial charge in [-0.05, 0) is 0 Å². The molecular formula is C17H18Cl2Ti. The van der Waals surface area contributed by atoms with Crippen LogP contribution in [0.3, 0.4) is 0 Å². The average Bonchev–Trinajstić information content (AvgIpc) is 3.00. The fourth-order valence-electron chi connectivity index (χ4n) is 2.98. The maximum absolute atomic E-state index is 2.45. The van der Waals surface area contributed by atoms with Crippen LogP contribution in [0.25, 0.3) is 6.08 Å². The predicted molar refractivity (Wildman–Crippen MR) is 76.4 cm³/mol. The molecule has 2 aliphatic rings. The third-order valence-electron chi connectivity index (χ3n) is 3.77. The quantitative estimate of drug-likeness (QED) is 0.571. The Morgan fingerprint density at radius 2 is 1.90 bits per heavy atom. The first-order valence-corrected chi connectivity index (χ1v) is 9.04. The summed E-state index contributed by atoms with van der Waals surface area (Å²) in [6.07, 6.45) is 12.9. The van der Waals surface area contributed by atoms with Gasteiger partial charge in [0.2, 0.25) is 0 Å². The summed E-state index contributed by atoms with van der Waals surface area (Å²) in [6.45, 7) is 4.67. The normalized spacial score (nSPS) is 17.4. The molecule has 0 saturated carbocycles. The predicted octanol–water partition coefficient (Wildman–Crippen LogP) is -1.56. The first-order chi connectivity index (χ1) is 8.77. The molecule has 0 nitrogen and oxygen atoms in total. The Labute approximate surface area is 139 Å². The molecular weight excluding hydrogens is 323 g/mol. The molecule has 20 heavy (non-hydrogen) atoms. The van der Waals surface area contributed by atoms with Crippen molar-refractivity contribution < 1.29 is 42.2 Å². The molecule has 0 N–H and O–H groups in total. The van der Waals surface area contributed by atoms with E-state index in [9.17, 15) is 0 Å². The number of hydrogen-bond acceptors (Lipinski definition) is 0. The van der Waals surface area contributed by atoms with Crippen molar-refractivity contribution in [1.29, 1.82) is 0 Å². The van der Waals surface area contributed by atoms with Crippen molar-refractivity contribution in [2.75, 3.05) is 0 Å². The maximum atomic E-state index is 2.45. The molecule has 104 valence electrons. The summed E-state index contributed by atoms with van der Waals surface area (Å²) in [5, 5.41) is 0. The van der Waals surface area contributed by atoms with Crippen LogP contribution >= 0.6 is 0 Å². The molecule has 1 unspecified atom stereocenters. The summed E-state index contributed by atoms with van der Waals surface area (Å²) in [4.78, 5) is 0. The van der Waals surface area contributed by atoms with Crippen molar-refractivity contribution in [3.63, 3.8) is 0 Å². The molecule has 0 saturated heterocycles. The summed E-state index contributed by atoms with van der Waals surface area (Å²) in [6, 6.07) is 8.89. The Morgan fingerprint density at radius 3 is 2.55 bits per heavy atom. The van der Waals surface area contributed by atoms with E-state index in [0.29, 0.717) is 4.22 Å². The van der Waals surface area contributed by atoms with Crippen molar-refractivity contribution in [2.45, 2.75) is 24.5 Å². The minimum atomic E-state index is -1.34. The number of fused-ring (bicyclic) bond motifs is 1. The topological polar surface area (TPSA) is 0 Å². The first kappa shape index (κ1) is 17.7. The standard InChI is InChI=1S/C9H7.C5H5.C3H6.2ClH.Ti/c1-2-5-9-7-3-6-8(9)4-1;1-2-4-5-3-1;1-3-2;;;/h1-7H;1-3H,4H2;1-2H3;2*1H;/q;;;;;+2/p-2.